The predicted molar refractivity (Wildman–Crippen MR) is 91.9 cm³/mol. The maximum Gasteiger partial charge on any atom is 0.0459 e. The summed E-state index contributed by atoms with van der Waals surface area (Å²) in [5.74, 6) is 1.68. The molecule has 21 heavy (non-hydrogen) atoms. The molecule has 3 rings (SSSR count). The van der Waals surface area contributed by atoms with Gasteiger partial charge in [-0.25, -0.2) is 0 Å². The third kappa shape index (κ3) is 3.02. The quantitative estimate of drug-likeness (QED) is 0.650. The fourth-order valence-corrected chi connectivity index (χ4v) is 4.13. The zero-order chi connectivity index (χ0) is 14.7. The number of H-pyrrole nitrogens is 1. The molecular formula is C20H29N. The van der Waals surface area contributed by atoms with Gasteiger partial charge in [-0.05, 0) is 49.1 Å². The van der Waals surface area contributed by atoms with E-state index >= 15 is 0 Å². The number of benzene rings is 1. The Morgan fingerprint density at radius 3 is 2.90 bits per heavy atom. The van der Waals surface area contributed by atoms with Crippen LogP contribution in [-0.2, 0) is 6.42 Å². The van der Waals surface area contributed by atoms with Crippen LogP contribution in [-0.4, -0.2) is 4.98 Å². The van der Waals surface area contributed by atoms with Crippen molar-refractivity contribution in [1.29, 1.82) is 0 Å². The Kier molecular flexibility index (Phi) is 4.67. The van der Waals surface area contributed by atoms with Crippen molar-refractivity contribution in [1.82, 2.24) is 4.98 Å². The molecule has 2 unspecified atom stereocenters. The molecule has 0 saturated heterocycles. The van der Waals surface area contributed by atoms with Gasteiger partial charge in [-0.15, -0.1) is 0 Å². The number of para-hydroxylation sites is 1. The molecule has 1 aliphatic carbocycles. The molecular weight excluding hydrogens is 254 g/mol. The minimum absolute atomic E-state index is 0.767. The lowest BCUT2D eigenvalue weighted by molar-refractivity contribution is 0.361. The van der Waals surface area contributed by atoms with E-state index in [-0.39, 0.29) is 0 Å². The van der Waals surface area contributed by atoms with Gasteiger partial charge in [0, 0.05) is 16.6 Å². The number of aryl methyl sites for hydroxylation is 1. The lowest BCUT2D eigenvalue weighted by Crippen LogP contribution is -2.13. The summed E-state index contributed by atoms with van der Waals surface area (Å²) in [6.45, 7) is 4.68. The van der Waals surface area contributed by atoms with Crippen LogP contribution in [0.4, 0.5) is 0 Å². The third-order valence-corrected chi connectivity index (χ3v) is 5.40. The Bertz CT molecular complexity index is 581. The van der Waals surface area contributed by atoms with Gasteiger partial charge in [0.1, 0.15) is 0 Å². The summed E-state index contributed by atoms with van der Waals surface area (Å²) in [6, 6.07) is 8.85. The first-order chi connectivity index (χ1) is 10.3. The van der Waals surface area contributed by atoms with E-state index in [9.17, 15) is 0 Å². The molecule has 0 fully saturated rings. The highest BCUT2D eigenvalue weighted by Gasteiger charge is 2.25. The zero-order valence-electron chi connectivity index (χ0n) is 13.6. The van der Waals surface area contributed by atoms with E-state index < -0.39 is 0 Å². The Hall–Kier alpha value is -1.24. The smallest absolute Gasteiger partial charge is 0.0459 e. The minimum Gasteiger partial charge on any atom is -0.358 e. The molecule has 2 atom stereocenters. The summed E-state index contributed by atoms with van der Waals surface area (Å²) in [4.78, 5) is 3.75. The number of hydrogen-bond acceptors (Lipinski definition) is 0. The number of unbranched alkanes of at least 4 members (excludes halogenated alkanes) is 1. The molecule has 0 amide bonds. The molecule has 1 aliphatic rings. The molecule has 0 saturated carbocycles. The maximum absolute atomic E-state index is 3.75. The van der Waals surface area contributed by atoms with Crippen molar-refractivity contribution < 1.29 is 0 Å². The lowest BCUT2D eigenvalue weighted by atomic mass is 9.79. The number of hydrogen-bond donors (Lipinski definition) is 1. The van der Waals surface area contributed by atoms with Crippen LogP contribution in [0.2, 0.25) is 0 Å². The van der Waals surface area contributed by atoms with Crippen LogP contribution in [0.5, 0.6) is 0 Å². The van der Waals surface area contributed by atoms with Gasteiger partial charge in [-0.3, -0.25) is 0 Å². The highest BCUT2D eigenvalue weighted by Crippen LogP contribution is 2.40. The Morgan fingerprint density at radius 1 is 1.24 bits per heavy atom. The van der Waals surface area contributed by atoms with Crippen LogP contribution in [0.25, 0.3) is 10.9 Å². The van der Waals surface area contributed by atoms with E-state index in [1.54, 1.807) is 11.3 Å². The summed E-state index contributed by atoms with van der Waals surface area (Å²) < 4.78 is 0. The average molecular weight is 283 g/mol. The number of nitrogens with one attached hydrogen (secondary N) is 1. The molecule has 1 heteroatoms. The molecule has 2 aromatic rings. The molecule has 0 spiro atoms. The molecule has 1 N–H and O–H groups in total. The van der Waals surface area contributed by atoms with E-state index in [1.807, 2.05) is 0 Å². The largest absolute Gasteiger partial charge is 0.358 e. The Balaban J connectivity index is 1.83. The van der Waals surface area contributed by atoms with Gasteiger partial charge in [0.25, 0.3) is 0 Å². The van der Waals surface area contributed by atoms with E-state index in [4.69, 9.17) is 0 Å². The highest BCUT2D eigenvalue weighted by molar-refractivity contribution is 5.85. The summed E-state index contributed by atoms with van der Waals surface area (Å²) in [5.41, 5.74) is 4.53. The summed E-state index contributed by atoms with van der Waals surface area (Å²) >= 11 is 0. The monoisotopic (exact) mass is 283 g/mol. The van der Waals surface area contributed by atoms with E-state index in [1.165, 1.54) is 62.3 Å². The van der Waals surface area contributed by atoms with Crippen LogP contribution in [0, 0.1) is 5.92 Å². The van der Waals surface area contributed by atoms with Crippen LogP contribution in [0.15, 0.2) is 24.3 Å². The summed E-state index contributed by atoms with van der Waals surface area (Å²) in [7, 11) is 0. The normalized spacial score (nSPS) is 19.6. The second-order valence-corrected chi connectivity index (χ2v) is 6.80. The zero-order valence-corrected chi connectivity index (χ0v) is 13.6. The molecule has 0 aliphatic heterocycles. The highest BCUT2D eigenvalue weighted by atomic mass is 14.7. The standard InChI is InChI=1S/C20H29N/c1-3-5-9-15(4-2)14-16-10-8-12-18-17-11-6-7-13-19(17)21-20(16)18/h6-7,11,13,15-16,21H,3-5,8-10,12,14H2,1-2H3. The number of fused-ring (bicyclic) bond motifs is 3. The second kappa shape index (κ2) is 6.68. The van der Waals surface area contributed by atoms with Gasteiger partial charge in [0.15, 0.2) is 0 Å². The number of aromatic nitrogens is 1. The Morgan fingerprint density at radius 2 is 2.10 bits per heavy atom. The van der Waals surface area contributed by atoms with Crippen molar-refractivity contribution in [2.45, 2.75) is 71.1 Å². The van der Waals surface area contributed by atoms with Gasteiger partial charge >= 0.3 is 0 Å². The third-order valence-electron chi connectivity index (χ3n) is 5.40. The van der Waals surface area contributed by atoms with Gasteiger partial charge in [-0.1, -0.05) is 57.7 Å². The van der Waals surface area contributed by atoms with E-state index in [0.717, 1.165) is 11.8 Å². The molecule has 114 valence electrons. The average Bonchev–Trinajstić information content (AvgIpc) is 2.91. The first-order valence-corrected chi connectivity index (χ1v) is 8.93. The van der Waals surface area contributed by atoms with Crippen molar-refractivity contribution in [2.24, 2.45) is 5.92 Å². The van der Waals surface area contributed by atoms with Gasteiger partial charge in [-0.2, -0.15) is 0 Å². The van der Waals surface area contributed by atoms with Crippen LogP contribution < -0.4 is 0 Å². The fraction of sp³-hybridized carbons (Fsp3) is 0.600. The first-order valence-electron chi connectivity index (χ1n) is 8.93. The van der Waals surface area contributed by atoms with Gasteiger partial charge in [0.2, 0.25) is 0 Å². The first kappa shape index (κ1) is 14.7. The maximum atomic E-state index is 3.75. The van der Waals surface area contributed by atoms with Crippen molar-refractivity contribution in [2.75, 3.05) is 0 Å². The summed E-state index contributed by atoms with van der Waals surface area (Å²) in [6.07, 6.45) is 10.9. The van der Waals surface area contributed by atoms with Crippen molar-refractivity contribution >= 4 is 10.9 Å². The molecule has 1 aromatic heterocycles. The van der Waals surface area contributed by atoms with Crippen LogP contribution in [0.1, 0.15) is 76.0 Å². The predicted octanol–water partition coefficient (Wildman–Crippen LogP) is 6.19. The minimum atomic E-state index is 0.767. The van der Waals surface area contributed by atoms with Crippen molar-refractivity contribution in [3.05, 3.63) is 35.5 Å². The molecule has 1 aromatic carbocycles. The topological polar surface area (TPSA) is 15.8 Å². The van der Waals surface area contributed by atoms with Crippen LogP contribution >= 0.6 is 0 Å². The Labute approximate surface area is 129 Å². The molecule has 0 bridgehead atoms. The van der Waals surface area contributed by atoms with Crippen LogP contribution in [0.3, 0.4) is 0 Å². The fourth-order valence-electron chi connectivity index (χ4n) is 4.13. The van der Waals surface area contributed by atoms with Gasteiger partial charge in [0.05, 0.1) is 0 Å². The van der Waals surface area contributed by atoms with E-state index in [0.29, 0.717) is 0 Å². The van der Waals surface area contributed by atoms with Crippen molar-refractivity contribution in [3.8, 4) is 0 Å². The number of aromatic amines is 1. The molecule has 0 radical (unpaired) electrons. The van der Waals surface area contributed by atoms with Crippen molar-refractivity contribution in [3.63, 3.8) is 0 Å². The SMILES string of the molecule is CCCCC(CC)CC1CCCc2c1[nH]c1ccccc21. The summed E-state index contributed by atoms with van der Waals surface area (Å²) in [5, 5.41) is 1.47. The molecule has 1 nitrogen and oxygen atoms in total. The second-order valence-electron chi connectivity index (χ2n) is 6.80. The van der Waals surface area contributed by atoms with Gasteiger partial charge < -0.3 is 4.98 Å². The van der Waals surface area contributed by atoms with E-state index in [2.05, 4.69) is 43.1 Å². The molecule has 1 heterocycles. The lowest BCUT2D eigenvalue weighted by Gasteiger charge is -2.26. The number of rotatable bonds is 6.